The molecule has 0 spiro atoms. The molecule has 1 atom stereocenters. The Hall–Kier alpha value is -2.06. The maximum atomic E-state index is 12.8. The highest BCUT2D eigenvalue weighted by molar-refractivity contribution is 8.00. The van der Waals surface area contributed by atoms with Crippen molar-refractivity contribution in [2.24, 2.45) is 11.7 Å². The van der Waals surface area contributed by atoms with Gasteiger partial charge in [0.2, 0.25) is 5.91 Å². The fourth-order valence-corrected chi connectivity index (χ4v) is 3.77. The molecule has 0 aliphatic rings. The number of benzene rings is 1. The maximum Gasteiger partial charge on any atom is 0.318 e. The van der Waals surface area contributed by atoms with Crippen LogP contribution in [-0.4, -0.2) is 26.7 Å². The van der Waals surface area contributed by atoms with Gasteiger partial charge >= 0.3 is 6.03 Å². The van der Waals surface area contributed by atoms with Gasteiger partial charge in [0.05, 0.1) is 16.2 Å². The van der Waals surface area contributed by atoms with Crippen molar-refractivity contribution in [1.29, 1.82) is 0 Å². The Labute approximate surface area is 160 Å². The van der Waals surface area contributed by atoms with Crippen molar-refractivity contribution in [2.45, 2.75) is 44.1 Å². The molecule has 1 aromatic carbocycles. The zero-order valence-corrected chi connectivity index (χ0v) is 16.4. The van der Waals surface area contributed by atoms with Crippen LogP contribution in [0.3, 0.4) is 0 Å². The number of thioether (sulfide) groups is 1. The average Bonchev–Trinajstić information content (AvgIpc) is 2.54. The molecule has 0 saturated heterocycles. The zero-order chi connectivity index (χ0) is 19.4. The first-order valence-corrected chi connectivity index (χ1v) is 9.47. The van der Waals surface area contributed by atoms with Gasteiger partial charge in [-0.25, -0.2) is 9.78 Å². The lowest BCUT2D eigenvalue weighted by Crippen LogP contribution is -2.42. The number of rotatable bonds is 6. The van der Waals surface area contributed by atoms with Crippen LogP contribution in [0.2, 0.25) is 5.02 Å². The summed E-state index contributed by atoms with van der Waals surface area (Å²) >= 11 is 7.15. The summed E-state index contributed by atoms with van der Waals surface area (Å²) in [7, 11) is 0. The standard InChI is InChI=1S/C17H21ClN4O3S/c1-4-7-22-15(24)11-6-5-10(18)8-12(11)20-17(22)26-13(9(2)3)14(23)21-16(19)25/h5-6,8-9,13H,4,7H2,1-3H3,(H3,19,21,23,25)/t13-/m0/s1. The van der Waals surface area contributed by atoms with Crippen LogP contribution in [0, 0.1) is 5.92 Å². The fraction of sp³-hybridized carbons (Fsp3) is 0.412. The molecule has 140 valence electrons. The number of imide groups is 1. The zero-order valence-electron chi connectivity index (χ0n) is 14.8. The molecule has 0 aliphatic heterocycles. The molecule has 2 aromatic rings. The molecule has 3 N–H and O–H groups in total. The Balaban J connectivity index is 2.54. The van der Waals surface area contributed by atoms with Crippen LogP contribution in [0.15, 0.2) is 28.2 Å². The number of nitrogens with one attached hydrogen (secondary N) is 1. The molecular weight excluding hydrogens is 376 g/mol. The van der Waals surface area contributed by atoms with Gasteiger partial charge in [-0.15, -0.1) is 0 Å². The van der Waals surface area contributed by atoms with Crippen molar-refractivity contribution in [3.63, 3.8) is 0 Å². The molecule has 1 aromatic heterocycles. The van der Waals surface area contributed by atoms with Gasteiger partial charge in [-0.05, 0) is 30.5 Å². The molecule has 0 unspecified atom stereocenters. The van der Waals surface area contributed by atoms with Crippen molar-refractivity contribution >= 4 is 46.2 Å². The molecular formula is C17H21ClN4O3S. The molecule has 0 aliphatic carbocycles. The van der Waals surface area contributed by atoms with E-state index in [0.29, 0.717) is 27.6 Å². The predicted octanol–water partition coefficient (Wildman–Crippen LogP) is 2.77. The number of primary amides is 1. The summed E-state index contributed by atoms with van der Waals surface area (Å²) in [4.78, 5) is 40.7. The van der Waals surface area contributed by atoms with Crippen molar-refractivity contribution < 1.29 is 9.59 Å². The second-order valence-electron chi connectivity index (χ2n) is 6.15. The minimum Gasteiger partial charge on any atom is -0.351 e. The number of fused-ring (bicyclic) bond motifs is 1. The largest absolute Gasteiger partial charge is 0.351 e. The molecule has 26 heavy (non-hydrogen) atoms. The molecule has 0 saturated carbocycles. The van der Waals surface area contributed by atoms with Crippen molar-refractivity contribution in [1.82, 2.24) is 14.9 Å². The van der Waals surface area contributed by atoms with Crippen LogP contribution in [-0.2, 0) is 11.3 Å². The van der Waals surface area contributed by atoms with Crippen LogP contribution in [0.1, 0.15) is 27.2 Å². The van der Waals surface area contributed by atoms with E-state index in [0.717, 1.165) is 18.2 Å². The number of halogens is 1. The number of nitrogens with zero attached hydrogens (tertiary/aromatic N) is 2. The summed E-state index contributed by atoms with van der Waals surface area (Å²) in [5.74, 6) is -0.623. The number of amides is 3. The molecule has 2 rings (SSSR count). The molecule has 7 nitrogen and oxygen atoms in total. The van der Waals surface area contributed by atoms with Gasteiger partial charge < -0.3 is 5.73 Å². The molecule has 1 heterocycles. The van der Waals surface area contributed by atoms with Gasteiger partial charge in [-0.2, -0.15) is 0 Å². The Morgan fingerprint density at radius 3 is 2.65 bits per heavy atom. The van der Waals surface area contributed by atoms with E-state index in [1.807, 2.05) is 20.8 Å². The highest BCUT2D eigenvalue weighted by Crippen LogP contribution is 2.28. The number of hydrogen-bond acceptors (Lipinski definition) is 5. The Morgan fingerprint density at radius 1 is 1.38 bits per heavy atom. The molecule has 0 radical (unpaired) electrons. The maximum absolute atomic E-state index is 12.8. The Morgan fingerprint density at radius 2 is 2.08 bits per heavy atom. The van der Waals surface area contributed by atoms with Crippen LogP contribution >= 0.6 is 23.4 Å². The quantitative estimate of drug-likeness (QED) is 0.576. The van der Waals surface area contributed by atoms with E-state index in [9.17, 15) is 14.4 Å². The summed E-state index contributed by atoms with van der Waals surface area (Å²) in [5, 5.41) is 2.82. The smallest absolute Gasteiger partial charge is 0.318 e. The van der Waals surface area contributed by atoms with Crippen LogP contribution < -0.4 is 16.6 Å². The monoisotopic (exact) mass is 396 g/mol. The first kappa shape index (κ1) is 20.3. The molecule has 3 amide bonds. The van der Waals surface area contributed by atoms with E-state index >= 15 is 0 Å². The van der Waals surface area contributed by atoms with Gasteiger partial charge in [0.25, 0.3) is 5.56 Å². The van der Waals surface area contributed by atoms with Gasteiger partial charge in [0, 0.05) is 11.6 Å². The predicted molar refractivity (Wildman–Crippen MR) is 104 cm³/mol. The summed E-state index contributed by atoms with van der Waals surface area (Å²) in [6.45, 7) is 6.11. The number of nitrogens with two attached hydrogens (primary N) is 1. The van der Waals surface area contributed by atoms with E-state index in [1.54, 1.807) is 22.8 Å². The summed E-state index contributed by atoms with van der Waals surface area (Å²) in [6, 6.07) is 4.00. The van der Waals surface area contributed by atoms with Gasteiger partial charge in [-0.3, -0.25) is 19.5 Å². The second kappa shape index (κ2) is 8.55. The summed E-state index contributed by atoms with van der Waals surface area (Å²) in [5.41, 5.74) is 5.33. The van der Waals surface area contributed by atoms with E-state index in [2.05, 4.69) is 10.3 Å². The number of carbonyl (C=O) groups excluding carboxylic acids is 2. The first-order chi connectivity index (χ1) is 12.2. The SMILES string of the molecule is CCCn1c(S[C@H](C(=O)NC(N)=O)C(C)C)nc2cc(Cl)ccc2c1=O. The number of carbonyl (C=O) groups is 2. The van der Waals surface area contributed by atoms with E-state index in [-0.39, 0.29) is 11.5 Å². The fourth-order valence-electron chi connectivity index (χ4n) is 2.48. The highest BCUT2D eigenvalue weighted by atomic mass is 35.5. The van der Waals surface area contributed by atoms with Gasteiger partial charge in [0.15, 0.2) is 5.16 Å². The normalized spacial score (nSPS) is 12.3. The number of aromatic nitrogens is 2. The second-order valence-corrected chi connectivity index (χ2v) is 7.69. The third kappa shape index (κ3) is 4.56. The van der Waals surface area contributed by atoms with Crippen molar-refractivity contribution in [2.75, 3.05) is 0 Å². The summed E-state index contributed by atoms with van der Waals surface area (Å²) < 4.78 is 1.55. The van der Waals surface area contributed by atoms with E-state index in [4.69, 9.17) is 17.3 Å². The lowest BCUT2D eigenvalue weighted by atomic mass is 10.1. The minimum atomic E-state index is -0.912. The topological polar surface area (TPSA) is 107 Å². The third-order valence-electron chi connectivity index (χ3n) is 3.67. The van der Waals surface area contributed by atoms with Crippen LogP contribution in [0.4, 0.5) is 4.79 Å². The lowest BCUT2D eigenvalue weighted by molar-refractivity contribution is -0.120. The Kier molecular flexibility index (Phi) is 6.66. The molecule has 9 heteroatoms. The Bertz CT molecular complexity index is 897. The highest BCUT2D eigenvalue weighted by Gasteiger charge is 2.27. The van der Waals surface area contributed by atoms with Gasteiger partial charge in [0.1, 0.15) is 0 Å². The molecule has 0 bridgehead atoms. The van der Waals surface area contributed by atoms with E-state index in [1.165, 1.54) is 0 Å². The van der Waals surface area contributed by atoms with Gasteiger partial charge in [-0.1, -0.05) is 44.1 Å². The van der Waals surface area contributed by atoms with Crippen molar-refractivity contribution in [3.05, 3.63) is 33.6 Å². The third-order valence-corrected chi connectivity index (χ3v) is 5.44. The lowest BCUT2D eigenvalue weighted by Gasteiger charge is -2.20. The molecule has 0 fully saturated rings. The minimum absolute atomic E-state index is 0.110. The van der Waals surface area contributed by atoms with E-state index < -0.39 is 17.2 Å². The average molecular weight is 397 g/mol. The summed E-state index contributed by atoms with van der Waals surface area (Å²) in [6.07, 6.45) is 0.730. The first-order valence-electron chi connectivity index (χ1n) is 8.21. The van der Waals surface area contributed by atoms with Crippen LogP contribution in [0.5, 0.6) is 0 Å². The van der Waals surface area contributed by atoms with Crippen molar-refractivity contribution in [3.8, 4) is 0 Å². The number of urea groups is 1. The number of hydrogen-bond donors (Lipinski definition) is 2. The van der Waals surface area contributed by atoms with Crippen LogP contribution in [0.25, 0.3) is 10.9 Å².